The van der Waals surface area contributed by atoms with Crippen LogP contribution in [0.4, 0.5) is 0 Å². The monoisotopic (exact) mass is 370 g/mol. The summed E-state index contributed by atoms with van der Waals surface area (Å²) in [5, 5.41) is 4.72. The van der Waals surface area contributed by atoms with E-state index in [1.54, 1.807) is 11.2 Å². The molecule has 4 rings (SSSR count). The molecule has 2 aliphatic rings. The lowest BCUT2D eigenvalue weighted by Gasteiger charge is -2.37. The number of fused-ring (bicyclic) bond motifs is 1. The van der Waals surface area contributed by atoms with E-state index in [0.717, 1.165) is 25.1 Å². The van der Waals surface area contributed by atoms with Crippen molar-refractivity contribution in [3.8, 4) is 0 Å². The number of aromatic nitrogens is 2. The first-order chi connectivity index (χ1) is 13.2. The highest BCUT2D eigenvalue weighted by molar-refractivity contribution is 5.94. The minimum Gasteiger partial charge on any atom is -0.467 e. The number of rotatable bonds is 5. The van der Waals surface area contributed by atoms with Gasteiger partial charge in [-0.15, -0.1) is 0 Å². The van der Waals surface area contributed by atoms with Gasteiger partial charge in [-0.1, -0.05) is 6.42 Å². The van der Waals surface area contributed by atoms with Crippen molar-refractivity contribution in [3.05, 3.63) is 41.1 Å². The summed E-state index contributed by atoms with van der Waals surface area (Å²) < 4.78 is 7.44. The Labute approximate surface area is 161 Å². The molecule has 1 aliphatic heterocycles. The molecule has 27 heavy (non-hydrogen) atoms. The molecule has 1 saturated heterocycles. The van der Waals surface area contributed by atoms with Gasteiger partial charge in [-0.25, -0.2) is 0 Å². The number of hydrogen-bond acceptors (Lipinski definition) is 4. The van der Waals surface area contributed by atoms with Crippen LogP contribution in [0.2, 0.25) is 0 Å². The third-order valence-electron chi connectivity index (χ3n) is 6.05. The van der Waals surface area contributed by atoms with Gasteiger partial charge in [-0.05, 0) is 64.3 Å². The highest BCUT2D eigenvalue weighted by Gasteiger charge is 2.32. The molecule has 1 atom stereocenters. The van der Waals surface area contributed by atoms with Gasteiger partial charge in [0.25, 0.3) is 5.91 Å². The van der Waals surface area contributed by atoms with Gasteiger partial charge >= 0.3 is 0 Å². The number of nitrogens with zero attached hydrogens (tertiary/aromatic N) is 4. The molecule has 0 aromatic carbocycles. The standard InChI is InChI=1S/C21H30N4O2/c1-3-25-19-10-9-16(24-11-5-4-6-12-24)14-18(19)20(22-25)21(26)23(2)15-17-8-7-13-27-17/h7-8,13,16H,3-6,9-12,14-15H2,1-2H3. The molecule has 3 heterocycles. The molecule has 1 fully saturated rings. The molecular weight excluding hydrogens is 340 g/mol. The zero-order chi connectivity index (χ0) is 18.8. The van der Waals surface area contributed by atoms with Crippen LogP contribution in [0.5, 0.6) is 0 Å². The Morgan fingerprint density at radius 3 is 2.85 bits per heavy atom. The van der Waals surface area contributed by atoms with Crippen LogP contribution >= 0.6 is 0 Å². The zero-order valence-electron chi connectivity index (χ0n) is 16.5. The van der Waals surface area contributed by atoms with Crippen molar-refractivity contribution in [3.63, 3.8) is 0 Å². The number of amides is 1. The number of piperidine rings is 1. The topological polar surface area (TPSA) is 54.5 Å². The lowest BCUT2D eigenvalue weighted by Crippen LogP contribution is -2.42. The van der Waals surface area contributed by atoms with Gasteiger partial charge in [0.15, 0.2) is 5.69 Å². The number of likely N-dealkylation sites (tertiary alicyclic amines) is 1. The molecule has 0 N–H and O–H groups in total. The van der Waals surface area contributed by atoms with E-state index in [0.29, 0.717) is 18.3 Å². The Morgan fingerprint density at radius 1 is 1.33 bits per heavy atom. The summed E-state index contributed by atoms with van der Waals surface area (Å²) >= 11 is 0. The van der Waals surface area contributed by atoms with Gasteiger partial charge in [0.2, 0.25) is 0 Å². The molecule has 146 valence electrons. The van der Waals surface area contributed by atoms with Crippen LogP contribution in [0.3, 0.4) is 0 Å². The second kappa shape index (κ2) is 7.89. The zero-order valence-corrected chi connectivity index (χ0v) is 16.5. The largest absolute Gasteiger partial charge is 0.467 e. The van der Waals surface area contributed by atoms with E-state index >= 15 is 0 Å². The highest BCUT2D eigenvalue weighted by Crippen LogP contribution is 2.29. The fourth-order valence-electron chi connectivity index (χ4n) is 4.59. The summed E-state index contributed by atoms with van der Waals surface area (Å²) in [5.74, 6) is 0.787. The quantitative estimate of drug-likeness (QED) is 0.811. The average Bonchev–Trinajstić information content (AvgIpc) is 3.35. The van der Waals surface area contributed by atoms with E-state index in [2.05, 4.69) is 11.8 Å². The lowest BCUT2D eigenvalue weighted by molar-refractivity contribution is 0.0766. The van der Waals surface area contributed by atoms with Crippen LogP contribution in [0.1, 0.15) is 60.1 Å². The summed E-state index contributed by atoms with van der Waals surface area (Å²) in [6.07, 6.45) is 8.74. The summed E-state index contributed by atoms with van der Waals surface area (Å²) in [5.41, 5.74) is 3.08. The predicted octanol–water partition coefficient (Wildman–Crippen LogP) is 3.11. The fourth-order valence-corrected chi connectivity index (χ4v) is 4.59. The summed E-state index contributed by atoms with van der Waals surface area (Å²) in [6, 6.07) is 4.30. The third kappa shape index (κ3) is 3.68. The fraction of sp³-hybridized carbons (Fsp3) is 0.619. The van der Waals surface area contributed by atoms with E-state index in [1.807, 2.05) is 23.9 Å². The number of aryl methyl sites for hydroxylation is 1. The van der Waals surface area contributed by atoms with Crippen LogP contribution in [-0.2, 0) is 25.9 Å². The van der Waals surface area contributed by atoms with Crippen molar-refractivity contribution in [1.82, 2.24) is 19.6 Å². The summed E-state index contributed by atoms with van der Waals surface area (Å²) in [7, 11) is 1.83. The Kier molecular flexibility index (Phi) is 5.34. The minimum absolute atomic E-state index is 0.00542. The Hall–Kier alpha value is -2.08. The van der Waals surface area contributed by atoms with Crippen LogP contribution < -0.4 is 0 Å². The molecule has 0 radical (unpaired) electrons. The molecule has 6 nitrogen and oxygen atoms in total. The van der Waals surface area contributed by atoms with E-state index in [1.165, 1.54) is 50.0 Å². The van der Waals surface area contributed by atoms with Crippen molar-refractivity contribution in [1.29, 1.82) is 0 Å². The number of carbonyl (C=O) groups is 1. The van der Waals surface area contributed by atoms with Gasteiger partial charge in [0.05, 0.1) is 12.8 Å². The SMILES string of the molecule is CCn1nc(C(=O)N(C)Cc2ccco2)c2c1CCC(N1CCCCC1)C2. The van der Waals surface area contributed by atoms with Crippen LogP contribution in [0.25, 0.3) is 0 Å². The molecule has 0 saturated carbocycles. The van der Waals surface area contributed by atoms with Gasteiger partial charge in [-0.2, -0.15) is 5.10 Å². The number of carbonyl (C=O) groups excluding carboxylic acids is 1. The molecule has 1 aliphatic carbocycles. The van der Waals surface area contributed by atoms with E-state index < -0.39 is 0 Å². The third-order valence-corrected chi connectivity index (χ3v) is 6.05. The summed E-state index contributed by atoms with van der Waals surface area (Å²) in [6.45, 7) is 5.78. The van der Waals surface area contributed by atoms with Crippen molar-refractivity contribution >= 4 is 5.91 Å². The minimum atomic E-state index is -0.00542. The van der Waals surface area contributed by atoms with Gasteiger partial charge < -0.3 is 14.2 Å². The summed E-state index contributed by atoms with van der Waals surface area (Å²) in [4.78, 5) is 17.5. The van der Waals surface area contributed by atoms with Gasteiger partial charge in [0, 0.05) is 30.9 Å². The maximum Gasteiger partial charge on any atom is 0.274 e. The number of hydrogen-bond donors (Lipinski definition) is 0. The molecule has 6 heteroatoms. The Balaban J connectivity index is 1.56. The van der Waals surface area contributed by atoms with Gasteiger partial charge in [-0.3, -0.25) is 9.48 Å². The van der Waals surface area contributed by atoms with E-state index in [9.17, 15) is 4.79 Å². The van der Waals surface area contributed by atoms with Crippen LogP contribution in [0.15, 0.2) is 22.8 Å². The van der Waals surface area contributed by atoms with Crippen molar-refractivity contribution < 1.29 is 9.21 Å². The molecule has 2 aromatic heterocycles. The van der Waals surface area contributed by atoms with E-state index in [4.69, 9.17) is 9.52 Å². The average molecular weight is 370 g/mol. The Morgan fingerprint density at radius 2 is 2.15 bits per heavy atom. The van der Waals surface area contributed by atoms with Crippen molar-refractivity contribution in [2.75, 3.05) is 20.1 Å². The molecule has 0 spiro atoms. The molecular formula is C21H30N4O2. The van der Waals surface area contributed by atoms with Crippen molar-refractivity contribution in [2.45, 2.75) is 64.6 Å². The highest BCUT2D eigenvalue weighted by atomic mass is 16.3. The first-order valence-corrected chi connectivity index (χ1v) is 10.3. The normalized spacial score (nSPS) is 20.4. The molecule has 1 unspecified atom stereocenters. The maximum absolute atomic E-state index is 13.1. The first kappa shape index (κ1) is 18.3. The first-order valence-electron chi connectivity index (χ1n) is 10.3. The number of furan rings is 1. The maximum atomic E-state index is 13.1. The second-order valence-corrected chi connectivity index (χ2v) is 7.82. The molecule has 0 bridgehead atoms. The molecule has 2 aromatic rings. The van der Waals surface area contributed by atoms with Gasteiger partial charge in [0.1, 0.15) is 5.76 Å². The smallest absolute Gasteiger partial charge is 0.274 e. The van der Waals surface area contributed by atoms with E-state index in [-0.39, 0.29) is 5.91 Å². The Bertz CT molecular complexity index is 774. The lowest BCUT2D eigenvalue weighted by atomic mass is 9.89. The predicted molar refractivity (Wildman–Crippen MR) is 104 cm³/mol. The van der Waals surface area contributed by atoms with Crippen molar-refractivity contribution in [2.24, 2.45) is 0 Å². The van der Waals surface area contributed by atoms with Crippen LogP contribution in [0, 0.1) is 0 Å². The second-order valence-electron chi connectivity index (χ2n) is 7.82. The molecule has 1 amide bonds. The van der Waals surface area contributed by atoms with Crippen LogP contribution in [-0.4, -0.2) is 51.7 Å².